The quantitative estimate of drug-likeness (QED) is 0.611. The van der Waals surface area contributed by atoms with Crippen molar-refractivity contribution in [2.75, 3.05) is 18.8 Å². The first-order valence-electron chi connectivity index (χ1n) is 10.0. The summed E-state index contributed by atoms with van der Waals surface area (Å²) in [7, 11) is -3.30. The summed E-state index contributed by atoms with van der Waals surface area (Å²) in [6.07, 6.45) is 4.03. The van der Waals surface area contributed by atoms with Crippen LogP contribution in [0.5, 0.6) is 0 Å². The second kappa shape index (κ2) is 8.47. The number of hydrogen-bond donors (Lipinski definition) is 0. The lowest BCUT2D eigenvalue weighted by Crippen LogP contribution is -2.23. The highest BCUT2D eigenvalue weighted by molar-refractivity contribution is 7.91. The average molecular weight is 407 g/mol. The van der Waals surface area contributed by atoms with Crippen LogP contribution >= 0.6 is 0 Å². The van der Waals surface area contributed by atoms with E-state index in [1.165, 1.54) is 22.9 Å². The SMILES string of the molecule is Cc1ccncc1S(=O)(=O)C[C@@H]1CCN(Cc2ccc(-c3ccccc3)cc2)C1. The van der Waals surface area contributed by atoms with Crippen LogP contribution in [-0.2, 0) is 16.4 Å². The van der Waals surface area contributed by atoms with Gasteiger partial charge in [0.1, 0.15) is 0 Å². The molecule has 4 rings (SSSR count). The van der Waals surface area contributed by atoms with Crippen molar-refractivity contribution in [3.8, 4) is 11.1 Å². The highest BCUT2D eigenvalue weighted by Crippen LogP contribution is 2.25. The average Bonchev–Trinajstić information content (AvgIpc) is 3.15. The van der Waals surface area contributed by atoms with Crippen LogP contribution in [0.2, 0.25) is 0 Å². The van der Waals surface area contributed by atoms with Crippen molar-refractivity contribution < 1.29 is 8.42 Å². The van der Waals surface area contributed by atoms with Crippen LogP contribution in [0.4, 0.5) is 0 Å². The number of nitrogens with zero attached hydrogens (tertiary/aromatic N) is 2. The maximum atomic E-state index is 12.8. The standard InChI is InChI=1S/C24H26N2O2S/c1-19-11-13-25-15-24(19)29(27,28)18-21-12-14-26(17-21)16-20-7-9-23(10-8-20)22-5-3-2-4-6-22/h2-11,13,15,21H,12,14,16-18H2,1H3/t21-/m1/s1. The molecule has 1 fully saturated rings. The zero-order chi connectivity index (χ0) is 20.3. The van der Waals surface area contributed by atoms with Crippen LogP contribution in [0, 0.1) is 12.8 Å². The molecule has 29 heavy (non-hydrogen) atoms. The Morgan fingerprint density at radius 2 is 1.72 bits per heavy atom. The first-order valence-corrected chi connectivity index (χ1v) is 11.7. The minimum Gasteiger partial charge on any atom is -0.299 e. The van der Waals surface area contributed by atoms with E-state index in [0.29, 0.717) is 4.90 Å². The molecule has 0 aliphatic carbocycles. The number of likely N-dealkylation sites (tertiary alicyclic amines) is 1. The van der Waals surface area contributed by atoms with Gasteiger partial charge in [0, 0.05) is 25.5 Å². The summed E-state index contributed by atoms with van der Waals surface area (Å²) in [5, 5.41) is 0. The summed E-state index contributed by atoms with van der Waals surface area (Å²) in [5.74, 6) is 0.367. The van der Waals surface area contributed by atoms with Crippen LogP contribution in [0.15, 0.2) is 78.0 Å². The molecule has 1 atom stereocenters. The Bertz CT molecular complexity index is 1060. The van der Waals surface area contributed by atoms with Gasteiger partial charge in [0.2, 0.25) is 0 Å². The first-order chi connectivity index (χ1) is 14.0. The predicted molar refractivity (Wildman–Crippen MR) is 116 cm³/mol. The Morgan fingerprint density at radius 1 is 1.00 bits per heavy atom. The van der Waals surface area contributed by atoms with Crippen molar-refractivity contribution in [3.05, 3.63) is 84.2 Å². The highest BCUT2D eigenvalue weighted by Gasteiger charge is 2.29. The molecular formula is C24H26N2O2S. The Morgan fingerprint density at radius 3 is 2.45 bits per heavy atom. The summed E-state index contributed by atoms with van der Waals surface area (Å²) >= 11 is 0. The van der Waals surface area contributed by atoms with Gasteiger partial charge < -0.3 is 0 Å². The Labute approximate surface area is 173 Å². The number of benzene rings is 2. The number of aromatic nitrogens is 1. The molecule has 1 aliphatic heterocycles. The van der Waals surface area contributed by atoms with Gasteiger partial charge in [-0.15, -0.1) is 0 Å². The lowest BCUT2D eigenvalue weighted by atomic mass is 10.0. The summed E-state index contributed by atoms with van der Waals surface area (Å²) in [6.45, 7) is 4.44. The fourth-order valence-corrected chi connectivity index (χ4v) is 5.91. The Hall–Kier alpha value is -2.50. The molecule has 0 bridgehead atoms. The second-order valence-corrected chi connectivity index (χ2v) is 9.88. The molecule has 0 N–H and O–H groups in total. The summed E-state index contributed by atoms with van der Waals surface area (Å²) in [6, 6.07) is 20.8. The van der Waals surface area contributed by atoms with E-state index < -0.39 is 9.84 Å². The molecular weight excluding hydrogens is 380 g/mol. The van der Waals surface area contributed by atoms with E-state index in [-0.39, 0.29) is 11.7 Å². The monoisotopic (exact) mass is 406 g/mol. The largest absolute Gasteiger partial charge is 0.299 e. The molecule has 0 radical (unpaired) electrons. The lowest BCUT2D eigenvalue weighted by Gasteiger charge is -2.17. The highest BCUT2D eigenvalue weighted by atomic mass is 32.2. The van der Waals surface area contributed by atoms with Gasteiger partial charge in [0.15, 0.2) is 9.84 Å². The van der Waals surface area contributed by atoms with Gasteiger partial charge in [0.05, 0.1) is 10.6 Å². The molecule has 0 saturated carbocycles. The molecule has 5 heteroatoms. The van der Waals surface area contributed by atoms with Crippen molar-refractivity contribution in [2.45, 2.75) is 24.8 Å². The van der Waals surface area contributed by atoms with Crippen molar-refractivity contribution in [1.29, 1.82) is 0 Å². The molecule has 1 aromatic heterocycles. The number of aryl methyl sites for hydroxylation is 1. The van der Waals surface area contributed by atoms with Crippen LogP contribution in [0.3, 0.4) is 0 Å². The van der Waals surface area contributed by atoms with Crippen molar-refractivity contribution in [2.24, 2.45) is 5.92 Å². The van der Waals surface area contributed by atoms with E-state index >= 15 is 0 Å². The summed E-state index contributed by atoms with van der Waals surface area (Å²) in [4.78, 5) is 6.72. The molecule has 2 heterocycles. The molecule has 4 nitrogen and oxygen atoms in total. The van der Waals surface area contributed by atoms with Crippen LogP contribution in [0.1, 0.15) is 17.5 Å². The van der Waals surface area contributed by atoms with Gasteiger partial charge in [-0.3, -0.25) is 9.88 Å². The van der Waals surface area contributed by atoms with Gasteiger partial charge in [-0.1, -0.05) is 54.6 Å². The summed E-state index contributed by atoms with van der Waals surface area (Å²) in [5.41, 5.74) is 4.47. The minimum atomic E-state index is -3.30. The maximum absolute atomic E-state index is 12.8. The van der Waals surface area contributed by atoms with Gasteiger partial charge in [0.25, 0.3) is 0 Å². The third kappa shape index (κ3) is 4.74. The van der Waals surface area contributed by atoms with E-state index in [1.807, 2.05) is 13.0 Å². The molecule has 2 aromatic carbocycles. The molecule has 1 aliphatic rings. The Balaban J connectivity index is 1.36. The topological polar surface area (TPSA) is 50.3 Å². The minimum absolute atomic E-state index is 0.170. The van der Waals surface area contributed by atoms with E-state index in [1.54, 1.807) is 12.3 Å². The molecule has 0 amide bonds. The smallest absolute Gasteiger partial charge is 0.180 e. The zero-order valence-corrected chi connectivity index (χ0v) is 17.5. The normalized spacial score (nSPS) is 17.5. The fraction of sp³-hybridized carbons (Fsp3) is 0.292. The number of pyridine rings is 1. The molecule has 1 saturated heterocycles. The Kier molecular flexibility index (Phi) is 5.79. The van der Waals surface area contributed by atoms with Gasteiger partial charge in [-0.25, -0.2) is 8.42 Å². The van der Waals surface area contributed by atoms with E-state index in [0.717, 1.165) is 31.6 Å². The number of sulfone groups is 1. The van der Waals surface area contributed by atoms with Gasteiger partial charge in [-0.2, -0.15) is 0 Å². The van der Waals surface area contributed by atoms with Crippen molar-refractivity contribution in [3.63, 3.8) is 0 Å². The van der Waals surface area contributed by atoms with E-state index in [4.69, 9.17) is 0 Å². The second-order valence-electron chi connectivity index (χ2n) is 7.88. The van der Waals surface area contributed by atoms with Crippen LogP contribution in [-0.4, -0.2) is 37.1 Å². The van der Waals surface area contributed by atoms with Crippen LogP contribution < -0.4 is 0 Å². The predicted octanol–water partition coefficient (Wildman–Crippen LogP) is 4.35. The molecule has 3 aromatic rings. The lowest BCUT2D eigenvalue weighted by molar-refractivity contribution is 0.320. The van der Waals surface area contributed by atoms with Gasteiger partial charge in [-0.05, 0) is 54.1 Å². The molecule has 0 spiro atoms. The van der Waals surface area contributed by atoms with Crippen molar-refractivity contribution >= 4 is 9.84 Å². The molecule has 150 valence electrons. The van der Waals surface area contributed by atoms with Crippen LogP contribution in [0.25, 0.3) is 11.1 Å². The first kappa shape index (κ1) is 19.8. The van der Waals surface area contributed by atoms with E-state index in [2.05, 4.69) is 58.4 Å². The maximum Gasteiger partial charge on any atom is 0.180 e. The summed E-state index contributed by atoms with van der Waals surface area (Å²) < 4.78 is 25.6. The van der Waals surface area contributed by atoms with Gasteiger partial charge >= 0.3 is 0 Å². The number of hydrogen-bond acceptors (Lipinski definition) is 4. The zero-order valence-electron chi connectivity index (χ0n) is 16.7. The third-order valence-corrected chi connectivity index (χ3v) is 7.63. The van der Waals surface area contributed by atoms with E-state index in [9.17, 15) is 8.42 Å². The van der Waals surface area contributed by atoms with Crippen molar-refractivity contribution in [1.82, 2.24) is 9.88 Å². The fourth-order valence-electron chi connectivity index (χ4n) is 4.06. The third-order valence-electron chi connectivity index (χ3n) is 5.62. The number of rotatable bonds is 6. The molecule has 0 unspecified atom stereocenters.